The van der Waals surface area contributed by atoms with Gasteiger partial charge in [0.05, 0.1) is 13.7 Å². The number of hydrogen-bond donors (Lipinski definition) is 1. The second-order valence-corrected chi connectivity index (χ2v) is 6.85. The summed E-state index contributed by atoms with van der Waals surface area (Å²) in [5.74, 6) is 1.51. The standard InChI is InChI=1S/C20H27N3O3/c1-23-12-4-3-5-16(23)8-11-20(24)21-14-18-13-19(22-26-18)15-6-9-17(25-2)10-7-15/h6-7,9-10,13,16H,3-5,8,11-12,14H2,1-2H3,(H,21,24)/t16-/m1/s1. The summed E-state index contributed by atoms with van der Waals surface area (Å²) in [5, 5.41) is 7.00. The number of carbonyl (C=O) groups is 1. The molecule has 0 unspecified atom stereocenters. The quantitative estimate of drug-likeness (QED) is 0.824. The first-order chi connectivity index (χ1) is 12.7. The van der Waals surface area contributed by atoms with Crippen LogP contribution in [0, 0.1) is 0 Å². The maximum Gasteiger partial charge on any atom is 0.220 e. The third-order valence-electron chi connectivity index (χ3n) is 5.03. The van der Waals surface area contributed by atoms with E-state index in [9.17, 15) is 4.79 Å². The number of nitrogens with zero attached hydrogens (tertiary/aromatic N) is 2. The summed E-state index contributed by atoms with van der Waals surface area (Å²) < 4.78 is 10.5. The largest absolute Gasteiger partial charge is 0.497 e. The van der Waals surface area contributed by atoms with Gasteiger partial charge in [0.2, 0.25) is 5.91 Å². The smallest absolute Gasteiger partial charge is 0.220 e. The first kappa shape index (κ1) is 18.5. The molecule has 3 rings (SSSR count). The molecule has 1 fully saturated rings. The minimum atomic E-state index is 0.0615. The Bertz CT molecular complexity index is 711. The van der Waals surface area contributed by atoms with Crippen molar-refractivity contribution in [3.8, 4) is 17.0 Å². The minimum absolute atomic E-state index is 0.0615. The molecule has 0 aliphatic carbocycles. The molecule has 0 spiro atoms. The van der Waals surface area contributed by atoms with E-state index < -0.39 is 0 Å². The molecule has 1 aromatic carbocycles. The lowest BCUT2D eigenvalue weighted by Gasteiger charge is -2.32. The third kappa shape index (κ3) is 4.85. The summed E-state index contributed by atoms with van der Waals surface area (Å²) in [7, 11) is 3.79. The fourth-order valence-corrected chi connectivity index (χ4v) is 3.37. The van der Waals surface area contributed by atoms with E-state index in [4.69, 9.17) is 9.26 Å². The van der Waals surface area contributed by atoms with E-state index >= 15 is 0 Å². The van der Waals surface area contributed by atoms with E-state index in [0.29, 0.717) is 24.8 Å². The lowest BCUT2D eigenvalue weighted by molar-refractivity contribution is -0.121. The maximum atomic E-state index is 12.1. The third-order valence-corrected chi connectivity index (χ3v) is 5.03. The second kappa shape index (κ2) is 8.85. The van der Waals surface area contributed by atoms with E-state index in [1.165, 1.54) is 19.3 Å². The predicted molar refractivity (Wildman–Crippen MR) is 99.8 cm³/mol. The molecule has 0 saturated carbocycles. The zero-order valence-corrected chi connectivity index (χ0v) is 15.5. The van der Waals surface area contributed by atoms with Gasteiger partial charge in [-0.15, -0.1) is 0 Å². The Hall–Kier alpha value is -2.34. The number of benzene rings is 1. The van der Waals surface area contributed by atoms with Gasteiger partial charge in [-0.1, -0.05) is 11.6 Å². The number of likely N-dealkylation sites (tertiary alicyclic amines) is 1. The Morgan fingerprint density at radius 3 is 2.88 bits per heavy atom. The summed E-state index contributed by atoms with van der Waals surface area (Å²) in [6.45, 7) is 1.50. The van der Waals surface area contributed by atoms with E-state index in [-0.39, 0.29) is 5.91 Å². The average Bonchev–Trinajstić information content (AvgIpc) is 3.15. The normalized spacial score (nSPS) is 17.8. The number of ether oxygens (including phenoxy) is 1. The summed E-state index contributed by atoms with van der Waals surface area (Å²) in [6.07, 6.45) is 5.19. The molecule has 1 saturated heterocycles. The molecule has 1 amide bonds. The zero-order valence-electron chi connectivity index (χ0n) is 15.5. The van der Waals surface area contributed by atoms with Crippen molar-refractivity contribution in [2.24, 2.45) is 0 Å². The number of aromatic nitrogens is 1. The first-order valence-corrected chi connectivity index (χ1v) is 9.22. The molecule has 0 radical (unpaired) electrons. The van der Waals surface area contributed by atoms with E-state index in [1.54, 1.807) is 7.11 Å². The van der Waals surface area contributed by atoms with Crippen molar-refractivity contribution >= 4 is 5.91 Å². The average molecular weight is 357 g/mol. The fourth-order valence-electron chi connectivity index (χ4n) is 3.37. The summed E-state index contributed by atoms with van der Waals surface area (Å²) in [4.78, 5) is 14.5. The van der Waals surface area contributed by atoms with Crippen LogP contribution in [0.4, 0.5) is 0 Å². The maximum absolute atomic E-state index is 12.1. The van der Waals surface area contributed by atoms with Crippen molar-refractivity contribution in [3.63, 3.8) is 0 Å². The van der Waals surface area contributed by atoms with Crippen LogP contribution < -0.4 is 10.1 Å². The zero-order chi connectivity index (χ0) is 18.4. The van der Waals surface area contributed by atoms with Crippen LogP contribution in [-0.4, -0.2) is 42.7 Å². The van der Waals surface area contributed by atoms with Gasteiger partial charge >= 0.3 is 0 Å². The molecule has 140 valence electrons. The highest BCUT2D eigenvalue weighted by Gasteiger charge is 2.19. The lowest BCUT2D eigenvalue weighted by atomic mass is 9.98. The summed E-state index contributed by atoms with van der Waals surface area (Å²) in [5.41, 5.74) is 1.70. The van der Waals surface area contributed by atoms with Crippen LogP contribution in [0.1, 0.15) is 37.9 Å². The molecule has 1 atom stereocenters. The number of carbonyl (C=O) groups excluding carboxylic acids is 1. The van der Waals surface area contributed by atoms with E-state index in [0.717, 1.165) is 30.0 Å². The van der Waals surface area contributed by atoms with Gasteiger partial charge in [0.25, 0.3) is 0 Å². The molecule has 1 N–H and O–H groups in total. The van der Waals surface area contributed by atoms with Gasteiger partial charge in [0.1, 0.15) is 11.4 Å². The van der Waals surface area contributed by atoms with Crippen molar-refractivity contribution in [1.82, 2.24) is 15.4 Å². The lowest BCUT2D eigenvalue weighted by Crippen LogP contribution is -2.37. The van der Waals surface area contributed by atoms with Crippen molar-refractivity contribution in [2.75, 3.05) is 20.7 Å². The second-order valence-electron chi connectivity index (χ2n) is 6.85. The monoisotopic (exact) mass is 357 g/mol. The number of amides is 1. The molecule has 1 aliphatic heterocycles. The molecule has 2 heterocycles. The van der Waals surface area contributed by atoms with Crippen LogP contribution in [0.5, 0.6) is 5.75 Å². The minimum Gasteiger partial charge on any atom is -0.497 e. The fraction of sp³-hybridized carbons (Fsp3) is 0.500. The van der Waals surface area contributed by atoms with Crippen LogP contribution in [0.2, 0.25) is 0 Å². The van der Waals surface area contributed by atoms with Gasteiger partial charge in [-0.05, 0) is 57.1 Å². The SMILES string of the molecule is COc1ccc(-c2cc(CNC(=O)CC[C@H]3CCCCN3C)on2)cc1. The number of hydrogen-bond acceptors (Lipinski definition) is 5. The molecule has 6 heteroatoms. The van der Waals surface area contributed by atoms with Crippen molar-refractivity contribution < 1.29 is 14.1 Å². The van der Waals surface area contributed by atoms with Crippen LogP contribution in [0.15, 0.2) is 34.9 Å². The van der Waals surface area contributed by atoms with Crippen molar-refractivity contribution in [2.45, 2.75) is 44.7 Å². The van der Waals surface area contributed by atoms with E-state index in [1.807, 2.05) is 30.3 Å². The Morgan fingerprint density at radius 1 is 1.35 bits per heavy atom. The van der Waals surface area contributed by atoms with Crippen LogP contribution in [0.3, 0.4) is 0 Å². The van der Waals surface area contributed by atoms with Crippen LogP contribution in [0.25, 0.3) is 11.3 Å². The molecule has 26 heavy (non-hydrogen) atoms. The molecule has 0 bridgehead atoms. The van der Waals surface area contributed by atoms with Crippen LogP contribution >= 0.6 is 0 Å². The molecule has 6 nitrogen and oxygen atoms in total. The number of rotatable bonds is 7. The molecule has 1 aliphatic rings. The highest BCUT2D eigenvalue weighted by Crippen LogP contribution is 2.22. The highest BCUT2D eigenvalue weighted by molar-refractivity contribution is 5.75. The van der Waals surface area contributed by atoms with Gasteiger partial charge < -0.3 is 19.5 Å². The van der Waals surface area contributed by atoms with Crippen molar-refractivity contribution in [3.05, 3.63) is 36.1 Å². The summed E-state index contributed by atoms with van der Waals surface area (Å²) in [6, 6.07) is 10.0. The number of methoxy groups -OCH3 is 1. The van der Waals surface area contributed by atoms with Gasteiger partial charge in [0.15, 0.2) is 5.76 Å². The molecule has 1 aromatic heterocycles. The predicted octanol–water partition coefficient (Wildman–Crippen LogP) is 3.23. The highest BCUT2D eigenvalue weighted by atomic mass is 16.5. The first-order valence-electron chi connectivity index (χ1n) is 9.22. The van der Waals surface area contributed by atoms with Crippen LogP contribution in [-0.2, 0) is 11.3 Å². The van der Waals surface area contributed by atoms with Gasteiger partial charge in [-0.25, -0.2) is 0 Å². The van der Waals surface area contributed by atoms with Gasteiger partial charge in [0, 0.05) is 24.1 Å². The Kier molecular flexibility index (Phi) is 6.28. The Balaban J connectivity index is 1.45. The Labute approximate surface area is 154 Å². The molecule has 2 aromatic rings. The van der Waals surface area contributed by atoms with Gasteiger partial charge in [-0.3, -0.25) is 4.79 Å². The Morgan fingerprint density at radius 2 is 2.15 bits per heavy atom. The molecular formula is C20H27N3O3. The van der Waals surface area contributed by atoms with E-state index in [2.05, 4.69) is 22.4 Å². The number of nitrogens with one attached hydrogen (secondary N) is 1. The van der Waals surface area contributed by atoms with Crippen molar-refractivity contribution in [1.29, 1.82) is 0 Å². The topological polar surface area (TPSA) is 67.6 Å². The molecular weight excluding hydrogens is 330 g/mol. The van der Waals surface area contributed by atoms with Gasteiger partial charge in [-0.2, -0.15) is 0 Å². The number of piperidine rings is 1. The summed E-state index contributed by atoms with van der Waals surface area (Å²) >= 11 is 0.